The van der Waals surface area contributed by atoms with E-state index in [9.17, 15) is 0 Å². The predicted molar refractivity (Wildman–Crippen MR) is 68.9 cm³/mol. The van der Waals surface area contributed by atoms with Crippen molar-refractivity contribution in [3.63, 3.8) is 0 Å². The van der Waals surface area contributed by atoms with E-state index in [2.05, 4.69) is 24.2 Å². The summed E-state index contributed by atoms with van der Waals surface area (Å²) in [7, 11) is 0. The number of nitrogens with zero attached hydrogens (tertiary/aromatic N) is 3. The van der Waals surface area contributed by atoms with Gasteiger partial charge in [0.25, 0.3) is 0 Å². The van der Waals surface area contributed by atoms with Gasteiger partial charge in [0, 0.05) is 13.2 Å². The van der Waals surface area contributed by atoms with E-state index < -0.39 is 0 Å². The van der Waals surface area contributed by atoms with E-state index in [1.54, 1.807) is 0 Å². The van der Waals surface area contributed by atoms with Crippen LogP contribution >= 0.6 is 0 Å². The maximum Gasteiger partial charge on any atom is 0.0857 e. The van der Waals surface area contributed by atoms with Gasteiger partial charge in [0.15, 0.2) is 0 Å². The Balaban J connectivity index is 2.30. The smallest absolute Gasteiger partial charge is 0.0857 e. The molecule has 0 fully saturated rings. The van der Waals surface area contributed by atoms with Crippen molar-refractivity contribution >= 4 is 0 Å². The van der Waals surface area contributed by atoms with Crippen LogP contribution in [-0.2, 0) is 13.0 Å². The second-order valence-electron chi connectivity index (χ2n) is 4.59. The number of rotatable bonds is 9. The van der Waals surface area contributed by atoms with Gasteiger partial charge >= 0.3 is 0 Å². The van der Waals surface area contributed by atoms with Crippen molar-refractivity contribution < 1.29 is 5.11 Å². The Morgan fingerprint density at radius 1 is 1.12 bits per heavy atom. The van der Waals surface area contributed by atoms with Crippen LogP contribution < -0.4 is 0 Å². The molecule has 0 aromatic carbocycles. The monoisotopic (exact) mass is 239 g/mol. The topological polar surface area (TPSA) is 50.9 Å². The fourth-order valence-corrected chi connectivity index (χ4v) is 1.95. The van der Waals surface area contributed by atoms with Gasteiger partial charge < -0.3 is 5.11 Å². The van der Waals surface area contributed by atoms with Crippen molar-refractivity contribution in [1.29, 1.82) is 0 Å². The van der Waals surface area contributed by atoms with Gasteiger partial charge in [-0.3, -0.25) is 0 Å². The minimum Gasteiger partial charge on any atom is -0.396 e. The third-order valence-corrected chi connectivity index (χ3v) is 3.12. The lowest BCUT2D eigenvalue weighted by Gasteiger charge is -2.03. The highest BCUT2D eigenvalue weighted by Gasteiger charge is 2.07. The third kappa shape index (κ3) is 4.86. The lowest BCUT2D eigenvalue weighted by atomic mass is 10.1. The Labute approximate surface area is 104 Å². The Morgan fingerprint density at radius 2 is 1.88 bits per heavy atom. The van der Waals surface area contributed by atoms with Crippen molar-refractivity contribution in [3.8, 4) is 0 Å². The quantitative estimate of drug-likeness (QED) is 0.674. The van der Waals surface area contributed by atoms with Gasteiger partial charge in [-0.25, -0.2) is 4.68 Å². The highest BCUT2D eigenvalue weighted by atomic mass is 16.2. The van der Waals surface area contributed by atoms with Gasteiger partial charge in [-0.15, -0.1) is 5.10 Å². The Kier molecular flexibility index (Phi) is 6.86. The minimum atomic E-state index is 0.226. The van der Waals surface area contributed by atoms with E-state index in [-0.39, 0.29) is 6.61 Å². The Morgan fingerprint density at radius 3 is 2.59 bits per heavy atom. The van der Waals surface area contributed by atoms with E-state index in [1.807, 2.05) is 4.68 Å². The normalized spacial score (nSPS) is 11.0. The molecule has 0 amide bonds. The molecular formula is C13H25N3O. The van der Waals surface area contributed by atoms with Gasteiger partial charge in [-0.05, 0) is 26.2 Å². The molecule has 1 heterocycles. The molecule has 1 N–H and O–H groups in total. The molecule has 0 saturated carbocycles. The van der Waals surface area contributed by atoms with Crippen LogP contribution in [0, 0.1) is 6.92 Å². The predicted octanol–water partition coefficient (Wildman–Crippen LogP) is 2.48. The first kappa shape index (κ1) is 14.2. The molecule has 1 aromatic rings. The molecule has 0 unspecified atom stereocenters. The van der Waals surface area contributed by atoms with Crippen molar-refractivity contribution in [2.75, 3.05) is 6.61 Å². The van der Waals surface area contributed by atoms with Crippen molar-refractivity contribution in [2.45, 2.75) is 65.3 Å². The Hall–Kier alpha value is -0.900. The molecular weight excluding hydrogens is 214 g/mol. The third-order valence-electron chi connectivity index (χ3n) is 3.12. The first-order chi connectivity index (χ1) is 8.29. The molecule has 0 bridgehead atoms. The lowest BCUT2D eigenvalue weighted by molar-refractivity contribution is 0.288. The van der Waals surface area contributed by atoms with E-state index in [0.717, 1.165) is 30.8 Å². The van der Waals surface area contributed by atoms with Gasteiger partial charge in [0.1, 0.15) is 0 Å². The van der Waals surface area contributed by atoms with Crippen LogP contribution in [0.4, 0.5) is 0 Å². The molecule has 0 aliphatic heterocycles. The molecule has 4 nitrogen and oxygen atoms in total. The molecule has 98 valence electrons. The number of hydrogen-bond acceptors (Lipinski definition) is 3. The van der Waals surface area contributed by atoms with Crippen LogP contribution in [0.15, 0.2) is 0 Å². The van der Waals surface area contributed by atoms with Crippen LogP contribution in [0.3, 0.4) is 0 Å². The van der Waals surface area contributed by atoms with Crippen molar-refractivity contribution in [1.82, 2.24) is 15.0 Å². The van der Waals surface area contributed by atoms with Gasteiger partial charge in [0.05, 0.1) is 11.4 Å². The average molecular weight is 239 g/mol. The van der Waals surface area contributed by atoms with Gasteiger partial charge in [0.2, 0.25) is 0 Å². The van der Waals surface area contributed by atoms with Crippen molar-refractivity contribution in [2.24, 2.45) is 0 Å². The fourth-order valence-electron chi connectivity index (χ4n) is 1.95. The molecule has 0 radical (unpaired) electrons. The highest BCUT2D eigenvalue weighted by Crippen LogP contribution is 2.09. The molecule has 17 heavy (non-hydrogen) atoms. The summed E-state index contributed by atoms with van der Waals surface area (Å²) in [6.45, 7) is 5.50. The standard InChI is InChI=1S/C13H25N3O/c1-3-4-5-6-7-10-16-12(2)13(14-15-16)9-8-11-17/h17H,3-11H2,1-2H3. The first-order valence-electron chi connectivity index (χ1n) is 6.79. The number of aryl methyl sites for hydroxylation is 2. The zero-order valence-electron chi connectivity index (χ0n) is 11.2. The van der Waals surface area contributed by atoms with Crippen LogP contribution in [0.2, 0.25) is 0 Å². The summed E-state index contributed by atoms with van der Waals surface area (Å²) in [5.74, 6) is 0. The molecule has 0 atom stereocenters. The molecule has 0 aliphatic carbocycles. The summed E-state index contributed by atoms with van der Waals surface area (Å²) in [6, 6.07) is 0. The van der Waals surface area contributed by atoms with E-state index in [4.69, 9.17) is 5.11 Å². The van der Waals surface area contributed by atoms with Gasteiger partial charge in [-0.2, -0.15) is 0 Å². The van der Waals surface area contributed by atoms with Crippen LogP contribution in [0.25, 0.3) is 0 Å². The number of unbranched alkanes of at least 4 members (excludes halogenated alkanes) is 4. The number of aromatic nitrogens is 3. The van der Waals surface area contributed by atoms with E-state index >= 15 is 0 Å². The van der Waals surface area contributed by atoms with E-state index in [0.29, 0.717) is 0 Å². The van der Waals surface area contributed by atoms with Crippen LogP contribution in [0.1, 0.15) is 56.8 Å². The maximum atomic E-state index is 8.79. The number of aliphatic hydroxyl groups is 1. The van der Waals surface area contributed by atoms with E-state index in [1.165, 1.54) is 32.1 Å². The fraction of sp³-hybridized carbons (Fsp3) is 0.846. The summed E-state index contributed by atoms with van der Waals surface area (Å²) in [5, 5.41) is 17.1. The zero-order valence-corrected chi connectivity index (χ0v) is 11.2. The second-order valence-corrected chi connectivity index (χ2v) is 4.59. The first-order valence-corrected chi connectivity index (χ1v) is 6.79. The zero-order chi connectivity index (χ0) is 12.5. The summed E-state index contributed by atoms with van der Waals surface area (Å²) < 4.78 is 2.00. The van der Waals surface area contributed by atoms with Crippen LogP contribution in [-0.4, -0.2) is 26.7 Å². The Bertz CT molecular complexity index is 310. The molecule has 4 heteroatoms. The number of aliphatic hydroxyl groups excluding tert-OH is 1. The summed E-state index contributed by atoms with van der Waals surface area (Å²) in [6.07, 6.45) is 8.00. The number of hydrogen-bond donors (Lipinski definition) is 1. The maximum absolute atomic E-state index is 8.79. The molecule has 0 spiro atoms. The molecule has 1 aromatic heterocycles. The molecule has 1 rings (SSSR count). The average Bonchev–Trinajstić information content (AvgIpc) is 2.68. The summed E-state index contributed by atoms with van der Waals surface area (Å²) >= 11 is 0. The lowest BCUT2D eigenvalue weighted by Crippen LogP contribution is -2.03. The minimum absolute atomic E-state index is 0.226. The van der Waals surface area contributed by atoms with Gasteiger partial charge in [-0.1, -0.05) is 37.8 Å². The van der Waals surface area contributed by atoms with Crippen molar-refractivity contribution in [3.05, 3.63) is 11.4 Å². The molecule has 0 saturated heterocycles. The molecule has 0 aliphatic rings. The largest absolute Gasteiger partial charge is 0.396 e. The highest BCUT2D eigenvalue weighted by molar-refractivity contribution is 5.07. The SMILES string of the molecule is CCCCCCCn1nnc(CCCO)c1C. The second kappa shape index (κ2) is 8.23. The van der Waals surface area contributed by atoms with Crippen LogP contribution in [0.5, 0.6) is 0 Å². The summed E-state index contributed by atoms with van der Waals surface area (Å²) in [5.41, 5.74) is 2.20. The summed E-state index contributed by atoms with van der Waals surface area (Å²) in [4.78, 5) is 0.